The number of hydrogen-bond donors (Lipinski definition) is 1. The Hall–Kier alpha value is -2.88. The van der Waals surface area contributed by atoms with Crippen molar-refractivity contribution in [3.63, 3.8) is 0 Å². The lowest BCUT2D eigenvalue weighted by atomic mass is 9.70. The zero-order chi connectivity index (χ0) is 21.3. The lowest BCUT2D eigenvalue weighted by Gasteiger charge is -2.39. The second kappa shape index (κ2) is 8.10. The molecule has 1 aliphatic carbocycles. The average molecular weight is 402 g/mol. The standard InChI is InChI=1S/C26H31N3O/c1-18-13-21(15-26(3,4)14-18)28-25(30)24-16-27-17-29(24)22-11-9-20(10-12-22)23-8-6-5-7-19(23)2/h5-12,16-18,21H,13-15H2,1-4H3,(H,28,30)/t18-,21+/m1/s1. The summed E-state index contributed by atoms with van der Waals surface area (Å²) in [4.78, 5) is 17.3. The van der Waals surface area contributed by atoms with Crippen molar-refractivity contribution in [3.8, 4) is 16.8 Å². The number of hydrogen-bond acceptors (Lipinski definition) is 2. The monoisotopic (exact) mass is 401 g/mol. The normalized spacial score (nSPS) is 20.7. The van der Waals surface area contributed by atoms with Gasteiger partial charge in [-0.15, -0.1) is 0 Å². The SMILES string of the molecule is Cc1ccccc1-c1ccc(-n2cncc2C(=O)N[C@H]2C[C@@H](C)CC(C)(C)C2)cc1. The summed E-state index contributed by atoms with van der Waals surface area (Å²) >= 11 is 0. The molecule has 4 rings (SSSR count). The van der Waals surface area contributed by atoms with E-state index in [0.717, 1.165) is 18.5 Å². The number of carbonyl (C=O) groups excluding carboxylic acids is 1. The number of aryl methyl sites for hydroxylation is 1. The summed E-state index contributed by atoms with van der Waals surface area (Å²) in [5.41, 5.74) is 5.42. The highest BCUT2D eigenvalue weighted by Crippen LogP contribution is 2.38. The largest absolute Gasteiger partial charge is 0.348 e. The van der Waals surface area contributed by atoms with Gasteiger partial charge in [0.25, 0.3) is 5.91 Å². The summed E-state index contributed by atoms with van der Waals surface area (Å²) in [6.07, 6.45) is 6.63. The molecular formula is C26H31N3O. The van der Waals surface area contributed by atoms with E-state index in [-0.39, 0.29) is 17.4 Å². The van der Waals surface area contributed by atoms with Gasteiger partial charge in [0.05, 0.1) is 12.5 Å². The number of benzene rings is 2. The van der Waals surface area contributed by atoms with Gasteiger partial charge in [-0.25, -0.2) is 4.98 Å². The fourth-order valence-electron chi connectivity index (χ4n) is 5.08. The fourth-order valence-corrected chi connectivity index (χ4v) is 5.08. The Balaban J connectivity index is 1.53. The molecular weight excluding hydrogens is 370 g/mol. The molecule has 1 N–H and O–H groups in total. The van der Waals surface area contributed by atoms with Gasteiger partial charge in [0.15, 0.2) is 0 Å². The second-order valence-corrected chi connectivity index (χ2v) is 9.59. The lowest BCUT2D eigenvalue weighted by molar-refractivity contribution is 0.0867. The molecule has 30 heavy (non-hydrogen) atoms. The smallest absolute Gasteiger partial charge is 0.270 e. The van der Waals surface area contributed by atoms with E-state index in [4.69, 9.17) is 0 Å². The Labute approximate surface area is 179 Å². The van der Waals surface area contributed by atoms with E-state index in [9.17, 15) is 4.79 Å². The number of aromatic nitrogens is 2. The molecule has 2 atom stereocenters. The maximum Gasteiger partial charge on any atom is 0.270 e. The van der Waals surface area contributed by atoms with E-state index >= 15 is 0 Å². The van der Waals surface area contributed by atoms with E-state index in [0.29, 0.717) is 11.6 Å². The van der Waals surface area contributed by atoms with Gasteiger partial charge in [-0.3, -0.25) is 9.36 Å². The van der Waals surface area contributed by atoms with Crippen molar-refractivity contribution in [2.75, 3.05) is 0 Å². The molecule has 0 unspecified atom stereocenters. The third-order valence-corrected chi connectivity index (χ3v) is 6.19. The fraction of sp³-hybridized carbons (Fsp3) is 0.385. The maximum absolute atomic E-state index is 13.0. The van der Waals surface area contributed by atoms with Crippen molar-refractivity contribution < 1.29 is 4.79 Å². The first-order valence-corrected chi connectivity index (χ1v) is 10.8. The molecule has 1 saturated carbocycles. The van der Waals surface area contributed by atoms with Crippen molar-refractivity contribution in [1.29, 1.82) is 0 Å². The van der Waals surface area contributed by atoms with E-state index in [2.05, 4.69) is 74.4 Å². The minimum absolute atomic E-state index is 0.0506. The minimum Gasteiger partial charge on any atom is -0.348 e. The lowest BCUT2D eigenvalue weighted by Crippen LogP contribution is -2.43. The molecule has 1 amide bonds. The van der Waals surface area contributed by atoms with Gasteiger partial charge in [0, 0.05) is 11.7 Å². The number of carbonyl (C=O) groups is 1. The van der Waals surface area contributed by atoms with Crippen LogP contribution in [0.2, 0.25) is 0 Å². The highest BCUT2D eigenvalue weighted by atomic mass is 16.2. The molecule has 156 valence electrons. The molecule has 1 heterocycles. The van der Waals surface area contributed by atoms with Crippen molar-refractivity contribution >= 4 is 5.91 Å². The molecule has 1 aromatic heterocycles. The summed E-state index contributed by atoms with van der Waals surface area (Å²) in [5, 5.41) is 3.26. The second-order valence-electron chi connectivity index (χ2n) is 9.59. The van der Waals surface area contributed by atoms with Gasteiger partial charge in [0.2, 0.25) is 0 Å². The van der Waals surface area contributed by atoms with Crippen molar-refractivity contribution in [1.82, 2.24) is 14.9 Å². The molecule has 0 spiro atoms. The number of nitrogens with zero attached hydrogens (tertiary/aromatic N) is 2. The van der Waals surface area contributed by atoms with Crippen LogP contribution in [0, 0.1) is 18.3 Å². The van der Waals surface area contributed by atoms with Crippen LogP contribution in [0.1, 0.15) is 56.1 Å². The number of imidazole rings is 1. The average Bonchev–Trinajstić information content (AvgIpc) is 3.17. The number of nitrogens with one attached hydrogen (secondary N) is 1. The molecule has 4 nitrogen and oxygen atoms in total. The third kappa shape index (κ3) is 4.33. The van der Waals surface area contributed by atoms with Crippen LogP contribution in [0.4, 0.5) is 0 Å². The molecule has 0 aliphatic heterocycles. The van der Waals surface area contributed by atoms with Gasteiger partial charge >= 0.3 is 0 Å². The van der Waals surface area contributed by atoms with Gasteiger partial charge in [-0.05, 0) is 66.3 Å². The predicted octanol–water partition coefficient (Wildman–Crippen LogP) is 5.79. The van der Waals surface area contributed by atoms with Gasteiger partial charge in [0.1, 0.15) is 5.69 Å². The van der Waals surface area contributed by atoms with Crippen LogP contribution in [0.3, 0.4) is 0 Å². The molecule has 0 radical (unpaired) electrons. The Kier molecular flexibility index (Phi) is 5.50. The van der Waals surface area contributed by atoms with E-state index in [1.807, 2.05) is 16.7 Å². The zero-order valence-corrected chi connectivity index (χ0v) is 18.4. The first-order chi connectivity index (χ1) is 14.3. The summed E-state index contributed by atoms with van der Waals surface area (Å²) in [7, 11) is 0. The Morgan fingerprint density at radius 2 is 1.83 bits per heavy atom. The summed E-state index contributed by atoms with van der Waals surface area (Å²) in [6.45, 7) is 8.99. The van der Waals surface area contributed by atoms with Crippen molar-refractivity contribution in [2.45, 2.75) is 53.0 Å². The van der Waals surface area contributed by atoms with Gasteiger partial charge < -0.3 is 5.32 Å². The van der Waals surface area contributed by atoms with Crippen LogP contribution >= 0.6 is 0 Å². The maximum atomic E-state index is 13.0. The predicted molar refractivity (Wildman–Crippen MR) is 122 cm³/mol. The molecule has 3 aromatic rings. The van der Waals surface area contributed by atoms with Crippen molar-refractivity contribution in [3.05, 3.63) is 72.3 Å². The van der Waals surface area contributed by atoms with E-state index < -0.39 is 0 Å². The van der Waals surface area contributed by atoms with Gasteiger partial charge in [-0.2, -0.15) is 0 Å². The van der Waals surface area contributed by atoms with E-state index in [1.165, 1.54) is 23.1 Å². The van der Waals surface area contributed by atoms with Crippen LogP contribution < -0.4 is 5.32 Å². The van der Waals surface area contributed by atoms with Crippen molar-refractivity contribution in [2.24, 2.45) is 11.3 Å². The van der Waals surface area contributed by atoms with Crippen LogP contribution in [-0.4, -0.2) is 21.5 Å². The molecule has 0 saturated heterocycles. The van der Waals surface area contributed by atoms with Gasteiger partial charge in [-0.1, -0.05) is 57.2 Å². The third-order valence-electron chi connectivity index (χ3n) is 6.19. The highest BCUT2D eigenvalue weighted by Gasteiger charge is 2.33. The quantitative estimate of drug-likeness (QED) is 0.601. The molecule has 0 bridgehead atoms. The summed E-state index contributed by atoms with van der Waals surface area (Å²) in [6, 6.07) is 16.9. The number of rotatable bonds is 4. The van der Waals surface area contributed by atoms with E-state index in [1.54, 1.807) is 12.5 Å². The Bertz CT molecular complexity index is 1030. The topological polar surface area (TPSA) is 46.9 Å². The first-order valence-electron chi connectivity index (χ1n) is 10.8. The molecule has 1 fully saturated rings. The first kappa shape index (κ1) is 20.4. The Morgan fingerprint density at radius 3 is 2.53 bits per heavy atom. The zero-order valence-electron chi connectivity index (χ0n) is 18.4. The minimum atomic E-state index is -0.0506. The van der Waals surface area contributed by atoms with Crippen LogP contribution in [-0.2, 0) is 0 Å². The highest BCUT2D eigenvalue weighted by molar-refractivity contribution is 5.93. The summed E-state index contributed by atoms with van der Waals surface area (Å²) in [5.74, 6) is 0.573. The van der Waals surface area contributed by atoms with Crippen LogP contribution in [0.5, 0.6) is 0 Å². The van der Waals surface area contributed by atoms with Crippen LogP contribution in [0.25, 0.3) is 16.8 Å². The molecule has 1 aliphatic rings. The molecule has 2 aromatic carbocycles. The summed E-state index contributed by atoms with van der Waals surface area (Å²) < 4.78 is 1.87. The molecule has 4 heteroatoms. The van der Waals surface area contributed by atoms with Crippen LogP contribution in [0.15, 0.2) is 61.1 Å². The number of amides is 1. The Morgan fingerprint density at radius 1 is 1.10 bits per heavy atom.